The van der Waals surface area contributed by atoms with E-state index in [0.29, 0.717) is 11.4 Å². The van der Waals surface area contributed by atoms with E-state index in [1.165, 1.54) is 0 Å². The number of phenolic OH excluding ortho intramolecular Hbond substituents is 1. The summed E-state index contributed by atoms with van der Waals surface area (Å²) in [5.41, 5.74) is 8.58. The van der Waals surface area contributed by atoms with Gasteiger partial charge in [-0.1, -0.05) is 60.7 Å². The van der Waals surface area contributed by atoms with Gasteiger partial charge in [0.25, 0.3) is 0 Å². The molecule has 6 aromatic rings. The Labute approximate surface area is 203 Å². The number of aromatic nitrogens is 4. The number of aromatic hydroxyl groups is 1. The number of aryl methyl sites for hydroxylation is 1. The van der Waals surface area contributed by atoms with Gasteiger partial charge in [-0.05, 0) is 47.0 Å². The van der Waals surface area contributed by atoms with Gasteiger partial charge in [0.2, 0.25) is 0 Å². The fourth-order valence-corrected chi connectivity index (χ4v) is 4.46. The second-order valence-corrected chi connectivity index (χ2v) is 8.44. The molecule has 3 aromatic heterocycles. The van der Waals surface area contributed by atoms with Gasteiger partial charge < -0.3 is 9.67 Å². The molecule has 5 nitrogen and oxygen atoms in total. The predicted molar refractivity (Wildman–Crippen MR) is 140 cm³/mol. The minimum Gasteiger partial charge on any atom is -0.507 e. The van der Waals surface area contributed by atoms with Crippen LogP contribution in [0.5, 0.6) is 5.75 Å². The first-order valence-corrected chi connectivity index (χ1v) is 11.4. The first-order chi connectivity index (χ1) is 17.2. The molecule has 0 bridgehead atoms. The number of benzene rings is 3. The highest BCUT2D eigenvalue weighted by Gasteiger charge is 2.17. The van der Waals surface area contributed by atoms with Crippen LogP contribution in [0.15, 0.2) is 110 Å². The average molecular weight is 455 g/mol. The maximum Gasteiger partial charge on any atom is 0.144 e. The largest absolute Gasteiger partial charge is 0.507 e. The molecule has 3 aromatic carbocycles. The summed E-state index contributed by atoms with van der Waals surface area (Å²) in [5, 5.41) is 10.4. The number of nitrogens with zero attached hydrogens (tertiary/aromatic N) is 4. The molecule has 0 fully saturated rings. The zero-order valence-electron chi connectivity index (χ0n) is 19.1. The van der Waals surface area contributed by atoms with Gasteiger partial charge in [0, 0.05) is 30.6 Å². The highest BCUT2D eigenvalue weighted by molar-refractivity contribution is 5.94. The quantitative estimate of drug-likeness (QED) is 0.320. The Morgan fingerprint density at radius 2 is 1.46 bits per heavy atom. The Morgan fingerprint density at radius 1 is 0.686 bits per heavy atom. The standard InChI is InChI=1S/C30H22N4O/c1-34-27-19-31-18-25(29(27)33-30(34)24-12-5-6-13-28(24)35)22-10-7-11-23(16-22)26-17-21(14-15-32-26)20-8-3-2-4-9-20/h2-19,35H,1H3. The zero-order valence-corrected chi connectivity index (χ0v) is 19.1. The zero-order chi connectivity index (χ0) is 23.8. The van der Waals surface area contributed by atoms with Gasteiger partial charge in [-0.15, -0.1) is 0 Å². The van der Waals surface area contributed by atoms with E-state index < -0.39 is 0 Å². The van der Waals surface area contributed by atoms with E-state index in [2.05, 4.69) is 46.4 Å². The maximum absolute atomic E-state index is 10.4. The van der Waals surface area contributed by atoms with Crippen LogP contribution in [0.1, 0.15) is 0 Å². The summed E-state index contributed by atoms with van der Waals surface area (Å²) in [7, 11) is 1.94. The van der Waals surface area contributed by atoms with Crippen LogP contribution in [-0.4, -0.2) is 24.6 Å². The van der Waals surface area contributed by atoms with Crippen LogP contribution < -0.4 is 0 Å². The first kappa shape index (κ1) is 20.8. The molecular weight excluding hydrogens is 432 g/mol. The van der Waals surface area contributed by atoms with Crippen molar-refractivity contribution < 1.29 is 5.11 Å². The lowest BCUT2D eigenvalue weighted by molar-refractivity contribution is 0.476. The van der Waals surface area contributed by atoms with E-state index in [9.17, 15) is 5.11 Å². The van der Waals surface area contributed by atoms with Crippen LogP contribution in [0.3, 0.4) is 0 Å². The molecule has 6 rings (SSSR count). The summed E-state index contributed by atoms with van der Waals surface area (Å²) in [5.74, 6) is 0.896. The van der Waals surface area contributed by atoms with Crippen molar-refractivity contribution in [3.05, 3.63) is 110 Å². The van der Waals surface area contributed by atoms with Crippen LogP contribution in [-0.2, 0) is 7.05 Å². The molecule has 1 N–H and O–H groups in total. The van der Waals surface area contributed by atoms with E-state index in [-0.39, 0.29) is 5.75 Å². The van der Waals surface area contributed by atoms with E-state index in [0.717, 1.165) is 44.5 Å². The molecule has 0 saturated heterocycles. The average Bonchev–Trinajstić information content (AvgIpc) is 3.26. The highest BCUT2D eigenvalue weighted by atomic mass is 16.3. The van der Waals surface area contributed by atoms with Crippen molar-refractivity contribution in [2.24, 2.45) is 7.05 Å². The van der Waals surface area contributed by atoms with Crippen LogP contribution in [0.2, 0.25) is 0 Å². The van der Waals surface area contributed by atoms with Gasteiger partial charge in [-0.3, -0.25) is 9.97 Å². The van der Waals surface area contributed by atoms with Crippen LogP contribution in [0.4, 0.5) is 0 Å². The third kappa shape index (κ3) is 3.73. The molecule has 0 aliphatic carbocycles. The van der Waals surface area contributed by atoms with Gasteiger partial charge in [0.1, 0.15) is 17.1 Å². The fraction of sp³-hybridized carbons (Fsp3) is 0.0333. The summed E-state index contributed by atoms with van der Waals surface area (Å²) >= 11 is 0. The normalized spacial score (nSPS) is 11.1. The van der Waals surface area contributed by atoms with Gasteiger partial charge in [0.05, 0.1) is 23.0 Å². The molecule has 0 amide bonds. The highest BCUT2D eigenvalue weighted by Crippen LogP contribution is 2.35. The molecule has 0 aliphatic rings. The van der Waals surface area contributed by atoms with Crippen molar-refractivity contribution in [2.75, 3.05) is 0 Å². The summed E-state index contributed by atoms with van der Waals surface area (Å²) in [4.78, 5) is 14.1. The number of hydrogen-bond acceptors (Lipinski definition) is 4. The maximum atomic E-state index is 10.4. The van der Waals surface area contributed by atoms with E-state index in [4.69, 9.17) is 4.98 Å². The number of rotatable bonds is 4. The van der Waals surface area contributed by atoms with Gasteiger partial charge in [-0.2, -0.15) is 0 Å². The van der Waals surface area contributed by atoms with Gasteiger partial charge >= 0.3 is 0 Å². The van der Waals surface area contributed by atoms with E-state index in [1.54, 1.807) is 12.1 Å². The molecule has 0 unspecified atom stereocenters. The van der Waals surface area contributed by atoms with Crippen molar-refractivity contribution in [2.45, 2.75) is 0 Å². The third-order valence-electron chi connectivity index (χ3n) is 6.28. The Kier molecular flexibility index (Phi) is 5.08. The van der Waals surface area contributed by atoms with Gasteiger partial charge in [0.15, 0.2) is 0 Å². The molecule has 35 heavy (non-hydrogen) atoms. The van der Waals surface area contributed by atoms with Crippen molar-refractivity contribution in [3.63, 3.8) is 0 Å². The van der Waals surface area contributed by atoms with Crippen LogP contribution >= 0.6 is 0 Å². The smallest absolute Gasteiger partial charge is 0.144 e. The summed E-state index contributed by atoms with van der Waals surface area (Å²) in [6, 6.07) is 30.0. The lowest BCUT2D eigenvalue weighted by Crippen LogP contribution is -1.93. The second kappa shape index (κ2) is 8.54. The molecule has 0 atom stereocenters. The molecule has 168 valence electrons. The molecule has 5 heteroatoms. The number of pyridine rings is 2. The summed E-state index contributed by atoms with van der Waals surface area (Å²) in [6.07, 6.45) is 5.50. The Bertz CT molecular complexity index is 1670. The number of phenols is 1. The number of imidazole rings is 1. The lowest BCUT2D eigenvalue weighted by atomic mass is 10.00. The third-order valence-corrected chi connectivity index (χ3v) is 6.28. The molecule has 0 aliphatic heterocycles. The molecule has 3 heterocycles. The minimum atomic E-state index is 0.201. The molecular formula is C30H22N4O. The topological polar surface area (TPSA) is 63.8 Å². The van der Waals surface area contributed by atoms with Crippen LogP contribution in [0.25, 0.3) is 55.9 Å². The van der Waals surface area contributed by atoms with Crippen molar-refractivity contribution in [1.29, 1.82) is 0 Å². The number of fused-ring (bicyclic) bond motifs is 1. The molecule has 0 radical (unpaired) electrons. The first-order valence-electron chi connectivity index (χ1n) is 11.4. The van der Waals surface area contributed by atoms with Crippen molar-refractivity contribution >= 4 is 11.0 Å². The number of hydrogen-bond donors (Lipinski definition) is 1. The molecule has 0 spiro atoms. The van der Waals surface area contributed by atoms with Gasteiger partial charge in [-0.25, -0.2) is 4.98 Å². The number of para-hydroxylation sites is 1. The van der Waals surface area contributed by atoms with Crippen LogP contribution in [0, 0.1) is 0 Å². The van der Waals surface area contributed by atoms with E-state index in [1.807, 2.05) is 72.7 Å². The Morgan fingerprint density at radius 3 is 2.31 bits per heavy atom. The summed E-state index contributed by atoms with van der Waals surface area (Å²) in [6.45, 7) is 0. The second-order valence-electron chi connectivity index (χ2n) is 8.44. The monoisotopic (exact) mass is 454 g/mol. The minimum absolute atomic E-state index is 0.201. The fourth-order valence-electron chi connectivity index (χ4n) is 4.46. The van der Waals surface area contributed by atoms with Crippen molar-refractivity contribution in [1.82, 2.24) is 19.5 Å². The SMILES string of the molecule is Cn1c(-c2ccccc2O)nc2c(-c3cccc(-c4cc(-c5ccccc5)ccn4)c3)cncc21. The molecule has 0 saturated carbocycles. The summed E-state index contributed by atoms with van der Waals surface area (Å²) < 4.78 is 1.97. The lowest BCUT2D eigenvalue weighted by Gasteiger charge is -2.08. The Balaban J connectivity index is 1.46. The van der Waals surface area contributed by atoms with E-state index >= 15 is 0 Å². The van der Waals surface area contributed by atoms with Crippen molar-refractivity contribution in [3.8, 4) is 50.6 Å². The predicted octanol–water partition coefficient (Wildman–Crippen LogP) is 6.74. The Hall–Kier alpha value is -4.77.